The Morgan fingerprint density at radius 1 is 0.939 bits per heavy atom. The van der Waals surface area contributed by atoms with E-state index in [1.165, 1.54) is 24.2 Å². The van der Waals surface area contributed by atoms with Crippen molar-refractivity contribution in [1.82, 2.24) is 4.90 Å². The summed E-state index contributed by atoms with van der Waals surface area (Å²) >= 11 is 6.13. The molecule has 2 aliphatic rings. The van der Waals surface area contributed by atoms with E-state index in [0.29, 0.717) is 12.3 Å². The van der Waals surface area contributed by atoms with Crippen molar-refractivity contribution >= 4 is 34.8 Å². The standard InChI is InChI=1S/C26H32ClN3O3/c1-2-3-4-5-17-33-23-11-9-21(10-12-23)30-25(31)19-24(26(30)32)29-15-13-28(14-16-29)22-8-6-7-20(27)18-22/h6-12,18,24H,2-5,13-17,19H2,1H3/t24-/m1/s1. The molecule has 0 bridgehead atoms. The molecule has 0 aromatic heterocycles. The van der Waals surface area contributed by atoms with Crippen molar-refractivity contribution in [1.29, 1.82) is 0 Å². The largest absolute Gasteiger partial charge is 0.494 e. The summed E-state index contributed by atoms with van der Waals surface area (Å²) in [5, 5.41) is 0.718. The van der Waals surface area contributed by atoms with Crippen LogP contribution >= 0.6 is 11.6 Å². The molecule has 2 heterocycles. The summed E-state index contributed by atoms with van der Waals surface area (Å²) < 4.78 is 5.78. The number of rotatable bonds is 9. The number of nitrogens with zero attached hydrogens (tertiary/aromatic N) is 3. The molecule has 7 heteroatoms. The molecule has 4 rings (SSSR count). The maximum absolute atomic E-state index is 13.2. The molecular weight excluding hydrogens is 438 g/mol. The van der Waals surface area contributed by atoms with E-state index in [9.17, 15) is 9.59 Å². The number of carbonyl (C=O) groups excluding carboxylic acids is 2. The molecule has 0 unspecified atom stereocenters. The average molecular weight is 470 g/mol. The van der Waals surface area contributed by atoms with Crippen molar-refractivity contribution in [2.24, 2.45) is 0 Å². The van der Waals surface area contributed by atoms with Gasteiger partial charge in [0.1, 0.15) is 5.75 Å². The van der Waals surface area contributed by atoms with Gasteiger partial charge in [0.15, 0.2) is 0 Å². The zero-order chi connectivity index (χ0) is 23.2. The molecule has 2 aromatic rings. The number of amides is 2. The normalized spacial score (nSPS) is 19.4. The molecule has 2 aliphatic heterocycles. The highest BCUT2D eigenvalue weighted by atomic mass is 35.5. The predicted molar refractivity (Wildman–Crippen MR) is 132 cm³/mol. The summed E-state index contributed by atoms with van der Waals surface area (Å²) in [5.41, 5.74) is 1.70. The average Bonchev–Trinajstić information content (AvgIpc) is 3.13. The summed E-state index contributed by atoms with van der Waals surface area (Å²) in [7, 11) is 0. The Labute approximate surface area is 201 Å². The fourth-order valence-corrected chi connectivity index (χ4v) is 4.73. The predicted octanol–water partition coefficient (Wildman–Crippen LogP) is 4.75. The first kappa shape index (κ1) is 23.6. The number of ether oxygens (including phenoxy) is 1. The van der Waals surface area contributed by atoms with E-state index < -0.39 is 6.04 Å². The number of unbranched alkanes of at least 4 members (excludes halogenated alkanes) is 3. The van der Waals surface area contributed by atoms with Crippen LogP contribution in [0.2, 0.25) is 5.02 Å². The van der Waals surface area contributed by atoms with E-state index in [0.717, 1.165) is 49.1 Å². The van der Waals surface area contributed by atoms with Gasteiger partial charge in [-0.3, -0.25) is 14.5 Å². The summed E-state index contributed by atoms with van der Waals surface area (Å²) in [6.45, 7) is 5.92. The molecule has 0 radical (unpaired) electrons. The molecule has 1 atom stereocenters. The highest BCUT2D eigenvalue weighted by Gasteiger charge is 2.43. The van der Waals surface area contributed by atoms with Crippen LogP contribution in [0, 0.1) is 0 Å². The number of carbonyl (C=O) groups is 2. The van der Waals surface area contributed by atoms with Gasteiger partial charge in [-0.25, -0.2) is 4.90 Å². The lowest BCUT2D eigenvalue weighted by Gasteiger charge is -2.38. The minimum Gasteiger partial charge on any atom is -0.494 e. The Morgan fingerprint density at radius 3 is 2.39 bits per heavy atom. The molecule has 2 fully saturated rings. The molecule has 176 valence electrons. The maximum atomic E-state index is 13.2. The van der Waals surface area contributed by atoms with Gasteiger partial charge in [0.2, 0.25) is 5.91 Å². The summed E-state index contributed by atoms with van der Waals surface area (Å²) in [5.74, 6) is 0.489. The zero-order valence-corrected chi connectivity index (χ0v) is 20.0. The topological polar surface area (TPSA) is 53.1 Å². The lowest BCUT2D eigenvalue weighted by molar-refractivity contribution is -0.123. The van der Waals surface area contributed by atoms with E-state index >= 15 is 0 Å². The van der Waals surface area contributed by atoms with Gasteiger partial charge >= 0.3 is 0 Å². The monoisotopic (exact) mass is 469 g/mol. The van der Waals surface area contributed by atoms with Crippen LogP contribution in [0.3, 0.4) is 0 Å². The smallest absolute Gasteiger partial charge is 0.251 e. The third-order valence-electron chi connectivity index (χ3n) is 6.41. The number of piperazine rings is 1. The third kappa shape index (κ3) is 5.68. The second-order valence-corrected chi connectivity index (χ2v) is 9.13. The summed E-state index contributed by atoms with van der Waals surface area (Å²) in [6.07, 6.45) is 4.85. The second-order valence-electron chi connectivity index (χ2n) is 8.69. The number of hydrogen-bond donors (Lipinski definition) is 0. The number of imide groups is 1. The van der Waals surface area contributed by atoms with Gasteiger partial charge in [0.25, 0.3) is 5.91 Å². The van der Waals surface area contributed by atoms with Crippen molar-refractivity contribution in [3.05, 3.63) is 53.6 Å². The second kappa shape index (κ2) is 11.0. The van der Waals surface area contributed by atoms with Crippen molar-refractivity contribution in [2.75, 3.05) is 42.6 Å². The molecule has 33 heavy (non-hydrogen) atoms. The van der Waals surface area contributed by atoms with Gasteiger partial charge in [-0.2, -0.15) is 0 Å². The van der Waals surface area contributed by atoms with Crippen LogP contribution in [0.4, 0.5) is 11.4 Å². The zero-order valence-electron chi connectivity index (χ0n) is 19.2. The first-order chi connectivity index (χ1) is 16.1. The van der Waals surface area contributed by atoms with Crippen LogP contribution in [0.1, 0.15) is 39.0 Å². The van der Waals surface area contributed by atoms with Crippen LogP contribution in [0.25, 0.3) is 0 Å². The molecule has 0 aliphatic carbocycles. The Morgan fingerprint density at radius 2 is 1.70 bits per heavy atom. The molecule has 2 amide bonds. The van der Waals surface area contributed by atoms with E-state index in [1.807, 2.05) is 36.4 Å². The molecule has 0 N–H and O–H groups in total. The van der Waals surface area contributed by atoms with Crippen LogP contribution in [0.15, 0.2) is 48.5 Å². The van der Waals surface area contributed by atoms with Gasteiger partial charge in [-0.15, -0.1) is 0 Å². The van der Waals surface area contributed by atoms with E-state index in [-0.39, 0.29) is 18.2 Å². The molecule has 0 spiro atoms. The van der Waals surface area contributed by atoms with Crippen LogP contribution in [-0.4, -0.2) is 55.5 Å². The van der Waals surface area contributed by atoms with E-state index in [4.69, 9.17) is 16.3 Å². The van der Waals surface area contributed by atoms with Crippen molar-refractivity contribution in [3.63, 3.8) is 0 Å². The van der Waals surface area contributed by atoms with Crippen LogP contribution in [-0.2, 0) is 9.59 Å². The Bertz CT molecular complexity index is 958. The number of halogens is 1. The maximum Gasteiger partial charge on any atom is 0.251 e. The summed E-state index contributed by atoms with van der Waals surface area (Å²) in [4.78, 5) is 31.6. The van der Waals surface area contributed by atoms with Crippen LogP contribution < -0.4 is 14.5 Å². The minimum absolute atomic E-state index is 0.135. The van der Waals surface area contributed by atoms with Crippen LogP contribution in [0.5, 0.6) is 5.75 Å². The fraction of sp³-hybridized carbons (Fsp3) is 0.462. The van der Waals surface area contributed by atoms with Gasteiger partial charge in [-0.1, -0.05) is 43.9 Å². The summed E-state index contributed by atoms with van der Waals surface area (Å²) in [6, 6.07) is 14.7. The van der Waals surface area contributed by atoms with Gasteiger partial charge in [0.05, 0.1) is 24.8 Å². The quantitative estimate of drug-likeness (QED) is 0.391. The van der Waals surface area contributed by atoms with Gasteiger partial charge in [0, 0.05) is 36.9 Å². The number of benzene rings is 2. The Kier molecular flexibility index (Phi) is 7.89. The molecular formula is C26H32ClN3O3. The minimum atomic E-state index is -0.395. The molecule has 6 nitrogen and oxygen atoms in total. The number of hydrogen-bond acceptors (Lipinski definition) is 5. The number of anilines is 2. The van der Waals surface area contributed by atoms with E-state index in [2.05, 4.69) is 16.7 Å². The van der Waals surface area contributed by atoms with Crippen molar-refractivity contribution < 1.29 is 14.3 Å². The van der Waals surface area contributed by atoms with Gasteiger partial charge in [-0.05, 0) is 48.9 Å². The first-order valence-electron chi connectivity index (χ1n) is 11.9. The Hall–Kier alpha value is -2.57. The lowest BCUT2D eigenvalue weighted by atomic mass is 10.1. The Balaban J connectivity index is 1.32. The SMILES string of the molecule is CCCCCCOc1ccc(N2C(=O)C[C@@H](N3CCN(c4cccc(Cl)c4)CC3)C2=O)cc1. The van der Waals surface area contributed by atoms with Crippen molar-refractivity contribution in [2.45, 2.75) is 45.1 Å². The molecule has 2 saturated heterocycles. The van der Waals surface area contributed by atoms with Crippen molar-refractivity contribution in [3.8, 4) is 5.75 Å². The third-order valence-corrected chi connectivity index (χ3v) is 6.65. The van der Waals surface area contributed by atoms with E-state index in [1.54, 1.807) is 12.1 Å². The lowest BCUT2D eigenvalue weighted by Crippen LogP contribution is -2.52. The highest BCUT2D eigenvalue weighted by molar-refractivity contribution is 6.30. The fourth-order valence-electron chi connectivity index (χ4n) is 4.55. The molecule has 0 saturated carbocycles. The van der Waals surface area contributed by atoms with Gasteiger partial charge < -0.3 is 9.64 Å². The molecule has 2 aromatic carbocycles. The first-order valence-corrected chi connectivity index (χ1v) is 12.3. The highest BCUT2D eigenvalue weighted by Crippen LogP contribution is 2.29.